The number of anilines is 1. The molecule has 0 aromatic heterocycles. The number of para-hydroxylation sites is 1. The molecule has 2 aromatic carbocycles. The normalized spacial score (nSPS) is 24.2. The second-order valence-electron chi connectivity index (χ2n) is 10.9. The highest BCUT2D eigenvalue weighted by molar-refractivity contribution is 8.18. The summed E-state index contributed by atoms with van der Waals surface area (Å²) in [6.07, 6.45) is 4.06. The summed E-state index contributed by atoms with van der Waals surface area (Å²) in [4.78, 5) is 25.8. The van der Waals surface area contributed by atoms with Gasteiger partial charge in [0.25, 0.3) is 5.91 Å². The van der Waals surface area contributed by atoms with Gasteiger partial charge >= 0.3 is 0 Å². The van der Waals surface area contributed by atoms with Crippen molar-refractivity contribution in [3.8, 4) is 0 Å². The van der Waals surface area contributed by atoms with Gasteiger partial charge in [-0.2, -0.15) is 0 Å². The monoisotopic (exact) mass is 518 g/mol. The zero-order valence-electron chi connectivity index (χ0n) is 22.4. The van der Waals surface area contributed by atoms with E-state index in [0.717, 1.165) is 67.0 Å². The fourth-order valence-electron chi connectivity index (χ4n) is 5.52. The Morgan fingerprint density at radius 3 is 2.62 bits per heavy atom. The number of carbonyl (C=O) groups excluding carboxylic acids is 1. The number of nitrogens with zero attached hydrogens (tertiary/aromatic N) is 4. The van der Waals surface area contributed by atoms with E-state index in [1.54, 1.807) is 0 Å². The van der Waals surface area contributed by atoms with E-state index in [0.29, 0.717) is 12.5 Å². The van der Waals surface area contributed by atoms with Gasteiger partial charge in [-0.05, 0) is 85.8 Å². The van der Waals surface area contributed by atoms with Crippen molar-refractivity contribution in [1.82, 2.24) is 9.80 Å². The number of rotatable bonds is 6. The van der Waals surface area contributed by atoms with Crippen molar-refractivity contribution in [3.63, 3.8) is 0 Å². The fourth-order valence-corrected chi connectivity index (χ4v) is 6.54. The Labute approximate surface area is 225 Å². The molecule has 1 amide bonds. The van der Waals surface area contributed by atoms with Gasteiger partial charge < -0.3 is 9.64 Å². The molecule has 37 heavy (non-hydrogen) atoms. The Bertz CT molecular complexity index is 1190. The van der Waals surface area contributed by atoms with Gasteiger partial charge in [0, 0.05) is 44.5 Å². The van der Waals surface area contributed by atoms with Crippen LogP contribution in [0.5, 0.6) is 0 Å². The summed E-state index contributed by atoms with van der Waals surface area (Å²) in [6.45, 7) is 12.0. The number of morpholine rings is 1. The van der Waals surface area contributed by atoms with E-state index in [2.05, 4.69) is 55.8 Å². The molecule has 3 aliphatic heterocycles. The number of amides is 1. The Kier molecular flexibility index (Phi) is 7.75. The molecule has 3 aliphatic rings. The molecular weight excluding hydrogens is 480 g/mol. The Balaban J connectivity index is 1.38. The molecule has 0 bridgehead atoms. The number of aliphatic imine (C=N–C) groups is 1. The van der Waals surface area contributed by atoms with E-state index in [-0.39, 0.29) is 11.4 Å². The third-order valence-electron chi connectivity index (χ3n) is 7.78. The van der Waals surface area contributed by atoms with Gasteiger partial charge in [-0.3, -0.25) is 14.6 Å². The molecule has 2 fully saturated rings. The summed E-state index contributed by atoms with van der Waals surface area (Å²) in [5, 5.41) is 0.761. The van der Waals surface area contributed by atoms with Gasteiger partial charge in [0.2, 0.25) is 0 Å². The number of amidine groups is 1. The van der Waals surface area contributed by atoms with E-state index in [1.165, 1.54) is 23.0 Å². The predicted molar refractivity (Wildman–Crippen MR) is 155 cm³/mol. The van der Waals surface area contributed by atoms with Crippen LogP contribution in [0.15, 0.2) is 58.4 Å². The SMILES string of the molecule is CC1CC(C)(C)N(C)c2ccc(/C=C3/SC(=Nc4ccccc4)N(CCCN4CCOCC4)C3=O)cc21. The quantitative estimate of drug-likeness (QED) is 0.457. The van der Waals surface area contributed by atoms with Crippen molar-refractivity contribution >= 4 is 40.3 Å². The molecule has 196 valence electrons. The van der Waals surface area contributed by atoms with E-state index in [4.69, 9.17) is 9.73 Å². The molecular formula is C30H38N4O2S. The van der Waals surface area contributed by atoms with Crippen LogP contribution in [0.1, 0.15) is 50.7 Å². The van der Waals surface area contributed by atoms with E-state index in [1.807, 2.05) is 41.3 Å². The van der Waals surface area contributed by atoms with Crippen molar-refractivity contribution in [2.45, 2.75) is 45.1 Å². The van der Waals surface area contributed by atoms with Crippen molar-refractivity contribution in [3.05, 3.63) is 64.6 Å². The summed E-state index contributed by atoms with van der Waals surface area (Å²) < 4.78 is 5.47. The van der Waals surface area contributed by atoms with Crippen LogP contribution in [0.3, 0.4) is 0 Å². The van der Waals surface area contributed by atoms with Gasteiger partial charge in [0.1, 0.15) is 0 Å². The number of benzene rings is 2. The lowest BCUT2D eigenvalue weighted by Gasteiger charge is -2.45. The lowest BCUT2D eigenvalue weighted by molar-refractivity contribution is -0.122. The maximum Gasteiger partial charge on any atom is 0.266 e. The zero-order chi connectivity index (χ0) is 26.0. The zero-order valence-corrected chi connectivity index (χ0v) is 23.3. The van der Waals surface area contributed by atoms with Crippen LogP contribution in [0.25, 0.3) is 6.08 Å². The maximum absolute atomic E-state index is 13.6. The fraction of sp³-hybridized carbons (Fsp3) is 0.467. The number of thioether (sulfide) groups is 1. The third kappa shape index (κ3) is 5.79. The molecule has 7 heteroatoms. The smallest absolute Gasteiger partial charge is 0.266 e. The second kappa shape index (κ2) is 11.0. The summed E-state index contributed by atoms with van der Waals surface area (Å²) in [7, 11) is 2.18. The van der Waals surface area contributed by atoms with Crippen molar-refractivity contribution in [2.75, 3.05) is 51.3 Å². The molecule has 1 unspecified atom stereocenters. The van der Waals surface area contributed by atoms with Crippen LogP contribution in [0.4, 0.5) is 11.4 Å². The molecule has 5 rings (SSSR count). The van der Waals surface area contributed by atoms with Gasteiger partial charge in [-0.1, -0.05) is 31.2 Å². The average molecular weight is 519 g/mol. The molecule has 0 spiro atoms. The first-order chi connectivity index (χ1) is 17.8. The van der Waals surface area contributed by atoms with Crippen LogP contribution in [0.2, 0.25) is 0 Å². The number of fused-ring (bicyclic) bond motifs is 1. The van der Waals surface area contributed by atoms with Crippen LogP contribution in [-0.2, 0) is 9.53 Å². The highest BCUT2D eigenvalue weighted by Gasteiger charge is 2.35. The molecule has 3 heterocycles. The molecule has 2 saturated heterocycles. The van der Waals surface area contributed by atoms with Crippen molar-refractivity contribution < 1.29 is 9.53 Å². The standard InChI is InChI=1S/C30H38N4O2S/c1-22-21-30(2,3)32(4)26-12-11-23(19-25(22)26)20-27-28(35)34(14-8-13-33-15-17-36-18-16-33)29(37-27)31-24-9-6-5-7-10-24/h5-7,9-12,19-20,22H,8,13-18,21H2,1-4H3/b27-20+,31-29?. The molecule has 0 aliphatic carbocycles. The van der Waals surface area contributed by atoms with Crippen molar-refractivity contribution in [1.29, 1.82) is 0 Å². The lowest BCUT2D eigenvalue weighted by atomic mass is 9.80. The molecule has 0 radical (unpaired) electrons. The number of carbonyl (C=O) groups is 1. The first-order valence-electron chi connectivity index (χ1n) is 13.3. The van der Waals surface area contributed by atoms with Crippen LogP contribution < -0.4 is 4.90 Å². The van der Waals surface area contributed by atoms with Gasteiger partial charge in [-0.25, -0.2) is 4.99 Å². The summed E-state index contributed by atoms with van der Waals surface area (Å²) in [5.41, 5.74) is 4.71. The van der Waals surface area contributed by atoms with Crippen molar-refractivity contribution in [2.24, 2.45) is 4.99 Å². The molecule has 2 aromatic rings. The van der Waals surface area contributed by atoms with Crippen LogP contribution >= 0.6 is 11.8 Å². The minimum Gasteiger partial charge on any atom is -0.379 e. The highest BCUT2D eigenvalue weighted by atomic mass is 32.2. The first-order valence-corrected chi connectivity index (χ1v) is 14.2. The number of ether oxygens (including phenoxy) is 1. The van der Waals surface area contributed by atoms with Gasteiger partial charge in [0.15, 0.2) is 5.17 Å². The second-order valence-corrected chi connectivity index (χ2v) is 11.9. The lowest BCUT2D eigenvalue weighted by Crippen LogP contribution is -2.45. The van der Waals surface area contributed by atoms with E-state index < -0.39 is 0 Å². The number of hydrogen-bond acceptors (Lipinski definition) is 6. The molecule has 6 nitrogen and oxygen atoms in total. The van der Waals surface area contributed by atoms with Gasteiger partial charge in [-0.15, -0.1) is 0 Å². The summed E-state index contributed by atoms with van der Waals surface area (Å²) in [6, 6.07) is 16.5. The molecule has 0 N–H and O–H groups in total. The predicted octanol–water partition coefficient (Wildman–Crippen LogP) is 5.73. The largest absolute Gasteiger partial charge is 0.379 e. The first kappa shape index (κ1) is 26.0. The Morgan fingerprint density at radius 2 is 1.86 bits per heavy atom. The van der Waals surface area contributed by atoms with Crippen LogP contribution in [-0.4, -0.2) is 72.9 Å². The summed E-state index contributed by atoms with van der Waals surface area (Å²) >= 11 is 1.48. The van der Waals surface area contributed by atoms with Crippen LogP contribution in [0, 0.1) is 0 Å². The topological polar surface area (TPSA) is 48.4 Å². The maximum atomic E-state index is 13.6. The highest BCUT2D eigenvalue weighted by Crippen LogP contribution is 2.43. The third-order valence-corrected chi connectivity index (χ3v) is 8.79. The van der Waals surface area contributed by atoms with Gasteiger partial charge in [0.05, 0.1) is 23.8 Å². The minimum absolute atomic E-state index is 0.0469. The van der Waals surface area contributed by atoms with E-state index >= 15 is 0 Å². The summed E-state index contributed by atoms with van der Waals surface area (Å²) in [5.74, 6) is 0.518. The Hall–Kier alpha value is -2.61. The average Bonchev–Trinajstić information content (AvgIpc) is 3.17. The number of hydrogen-bond donors (Lipinski definition) is 0. The van der Waals surface area contributed by atoms with E-state index in [9.17, 15) is 4.79 Å². The molecule has 0 saturated carbocycles. The molecule has 1 atom stereocenters. The Morgan fingerprint density at radius 1 is 1.11 bits per heavy atom. The minimum atomic E-state index is 0.0469.